The van der Waals surface area contributed by atoms with E-state index in [-0.39, 0.29) is 11.2 Å². The van der Waals surface area contributed by atoms with E-state index in [9.17, 15) is 8.42 Å². The number of pyridine rings is 1. The molecule has 0 spiro atoms. The van der Waals surface area contributed by atoms with Crippen LogP contribution in [0.4, 0.5) is 0 Å². The highest BCUT2D eigenvalue weighted by atomic mass is 79.9. The summed E-state index contributed by atoms with van der Waals surface area (Å²) in [6.45, 7) is 0.553. The Hall–Kier alpha value is -0.460. The smallest absolute Gasteiger partial charge is 0.211 e. The fourth-order valence-corrected chi connectivity index (χ4v) is 4.55. The molecule has 2 rings (SSSR count). The van der Waals surface area contributed by atoms with Crippen molar-refractivity contribution < 1.29 is 8.42 Å². The van der Waals surface area contributed by atoms with Crippen LogP contribution >= 0.6 is 15.9 Å². The predicted octanol–water partition coefficient (Wildman–Crippen LogP) is 2.50. The van der Waals surface area contributed by atoms with Crippen LogP contribution in [0.15, 0.2) is 24.5 Å². The number of alkyl halides is 1. The van der Waals surface area contributed by atoms with Gasteiger partial charge in [0, 0.05) is 24.3 Å². The van der Waals surface area contributed by atoms with Crippen molar-refractivity contribution in [2.45, 2.75) is 32.1 Å². The Labute approximate surface area is 129 Å². The third kappa shape index (κ3) is 4.53. The van der Waals surface area contributed by atoms with E-state index in [1.54, 1.807) is 12.4 Å². The van der Waals surface area contributed by atoms with Crippen molar-refractivity contribution in [3.8, 4) is 0 Å². The van der Waals surface area contributed by atoms with Crippen LogP contribution in [-0.2, 0) is 16.4 Å². The fraction of sp³-hybridized carbons (Fsp3) is 0.643. The Morgan fingerprint density at radius 1 is 1.25 bits per heavy atom. The number of nitrogens with zero attached hydrogens (tertiary/aromatic N) is 1. The zero-order valence-corrected chi connectivity index (χ0v) is 13.9. The molecule has 0 aliphatic heterocycles. The maximum atomic E-state index is 12.1. The van der Waals surface area contributed by atoms with Crippen molar-refractivity contribution >= 4 is 26.0 Å². The average molecular weight is 361 g/mol. The predicted molar refractivity (Wildman–Crippen MR) is 84.4 cm³/mol. The van der Waals surface area contributed by atoms with Gasteiger partial charge in [0.25, 0.3) is 0 Å². The maximum absolute atomic E-state index is 12.1. The number of hydrogen-bond acceptors (Lipinski definition) is 3. The number of aryl methyl sites for hydroxylation is 1. The van der Waals surface area contributed by atoms with Crippen molar-refractivity contribution in [1.29, 1.82) is 0 Å². The molecule has 1 heterocycles. The van der Waals surface area contributed by atoms with Gasteiger partial charge in [-0.25, -0.2) is 13.1 Å². The Morgan fingerprint density at radius 2 is 1.90 bits per heavy atom. The molecule has 1 N–H and O–H groups in total. The lowest BCUT2D eigenvalue weighted by atomic mass is 9.89. The number of aromatic nitrogens is 1. The Balaban J connectivity index is 1.85. The van der Waals surface area contributed by atoms with E-state index in [4.69, 9.17) is 0 Å². The molecule has 1 aromatic heterocycles. The van der Waals surface area contributed by atoms with E-state index in [0.29, 0.717) is 13.0 Å². The number of rotatable bonds is 7. The molecule has 0 saturated heterocycles. The lowest BCUT2D eigenvalue weighted by Crippen LogP contribution is -2.38. The molecule has 1 saturated carbocycles. The molecule has 20 heavy (non-hydrogen) atoms. The van der Waals surface area contributed by atoms with Gasteiger partial charge in [0.2, 0.25) is 10.0 Å². The molecule has 6 heteroatoms. The number of halogens is 1. The quantitative estimate of drug-likeness (QED) is 0.760. The molecule has 1 aliphatic carbocycles. The van der Waals surface area contributed by atoms with Crippen LogP contribution in [-0.4, -0.2) is 31.0 Å². The Morgan fingerprint density at radius 3 is 2.50 bits per heavy atom. The van der Waals surface area contributed by atoms with Crippen molar-refractivity contribution in [2.75, 3.05) is 17.6 Å². The minimum atomic E-state index is -3.21. The van der Waals surface area contributed by atoms with Gasteiger partial charge in [-0.3, -0.25) is 4.98 Å². The minimum Gasteiger partial charge on any atom is -0.265 e. The van der Waals surface area contributed by atoms with Crippen LogP contribution in [0.2, 0.25) is 0 Å². The highest BCUT2D eigenvalue weighted by Gasteiger charge is 2.33. The normalized spacial score (nSPS) is 18.2. The van der Waals surface area contributed by atoms with Gasteiger partial charge in [-0.2, -0.15) is 0 Å². The zero-order valence-electron chi connectivity index (χ0n) is 11.5. The first-order valence-electron chi connectivity index (χ1n) is 6.98. The van der Waals surface area contributed by atoms with Crippen LogP contribution in [0, 0.1) is 5.41 Å². The molecule has 0 bridgehead atoms. The van der Waals surface area contributed by atoms with Gasteiger partial charge < -0.3 is 0 Å². The first-order valence-corrected chi connectivity index (χ1v) is 9.75. The molecular weight excluding hydrogens is 340 g/mol. The summed E-state index contributed by atoms with van der Waals surface area (Å²) < 4.78 is 26.9. The number of nitrogens with one attached hydrogen (secondary N) is 1. The van der Waals surface area contributed by atoms with Crippen LogP contribution in [0.5, 0.6) is 0 Å². The van der Waals surface area contributed by atoms with Crippen molar-refractivity contribution in [2.24, 2.45) is 5.41 Å². The van der Waals surface area contributed by atoms with Crippen molar-refractivity contribution in [1.82, 2.24) is 9.71 Å². The van der Waals surface area contributed by atoms with Gasteiger partial charge in [0.15, 0.2) is 0 Å². The SMILES string of the molecule is O=S(=O)(CCc1ccncc1)NCC1(CBr)CCCC1. The molecule has 1 fully saturated rings. The van der Waals surface area contributed by atoms with Crippen LogP contribution in [0.1, 0.15) is 31.2 Å². The summed E-state index contributed by atoms with van der Waals surface area (Å²) in [5.74, 6) is 0.134. The van der Waals surface area contributed by atoms with Gasteiger partial charge >= 0.3 is 0 Å². The van der Waals surface area contributed by atoms with E-state index in [2.05, 4.69) is 25.6 Å². The van der Waals surface area contributed by atoms with E-state index in [0.717, 1.165) is 23.7 Å². The first-order chi connectivity index (χ1) is 9.55. The topological polar surface area (TPSA) is 59.1 Å². The molecule has 0 unspecified atom stereocenters. The van der Waals surface area contributed by atoms with E-state index in [1.807, 2.05) is 12.1 Å². The highest BCUT2D eigenvalue weighted by Crippen LogP contribution is 2.39. The van der Waals surface area contributed by atoms with Crippen molar-refractivity contribution in [3.63, 3.8) is 0 Å². The lowest BCUT2D eigenvalue weighted by molar-refractivity contribution is 0.347. The molecule has 1 aromatic rings. The second kappa shape index (κ2) is 7.00. The summed E-state index contributed by atoms with van der Waals surface area (Å²) in [5.41, 5.74) is 1.12. The number of hydrogen-bond donors (Lipinski definition) is 1. The minimum absolute atomic E-state index is 0.115. The molecule has 0 radical (unpaired) electrons. The van der Waals surface area contributed by atoms with E-state index >= 15 is 0 Å². The standard InChI is InChI=1S/C14H21BrN2O2S/c15-11-14(6-1-2-7-14)12-17-20(18,19)10-5-13-3-8-16-9-4-13/h3-4,8-9,17H,1-2,5-7,10-12H2. The second-order valence-electron chi connectivity index (χ2n) is 5.59. The molecule has 1 aliphatic rings. The molecule has 0 atom stereocenters. The molecule has 0 amide bonds. The monoisotopic (exact) mass is 360 g/mol. The summed E-state index contributed by atoms with van der Waals surface area (Å²) in [7, 11) is -3.21. The molecular formula is C14H21BrN2O2S. The average Bonchev–Trinajstić information content (AvgIpc) is 2.94. The van der Waals surface area contributed by atoms with Gasteiger partial charge in [0.1, 0.15) is 0 Å². The second-order valence-corrected chi connectivity index (χ2v) is 8.07. The zero-order chi connectivity index (χ0) is 14.5. The van der Waals surface area contributed by atoms with Crippen LogP contribution in [0.25, 0.3) is 0 Å². The van der Waals surface area contributed by atoms with Crippen LogP contribution < -0.4 is 4.72 Å². The van der Waals surface area contributed by atoms with E-state index in [1.165, 1.54) is 12.8 Å². The Bertz CT molecular complexity index is 513. The Kier molecular flexibility index (Phi) is 5.57. The molecule has 4 nitrogen and oxygen atoms in total. The highest BCUT2D eigenvalue weighted by molar-refractivity contribution is 9.09. The van der Waals surface area contributed by atoms with Gasteiger partial charge in [-0.1, -0.05) is 28.8 Å². The first kappa shape index (κ1) is 15.9. The van der Waals surface area contributed by atoms with Gasteiger partial charge in [-0.05, 0) is 42.4 Å². The third-order valence-electron chi connectivity index (χ3n) is 4.02. The largest absolute Gasteiger partial charge is 0.265 e. The summed E-state index contributed by atoms with van der Waals surface area (Å²) in [4.78, 5) is 3.93. The summed E-state index contributed by atoms with van der Waals surface area (Å²) in [6.07, 6.45) is 8.51. The number of sulfonamides is 1. The van der Waals surface area contributed by atoms with Gasteiger partial charge in [-0.15, -0.1) is 0 Å². The van der Waals surface area contributed by atoms with E-state index < -0.39 is 10.0 Å². The van der Waals surface area contributed by atoms with Crippen LogP contribution in [0.3, 0.4) is 0 Å². The molecule has 0 aromatic carbocycles. The fourth-order valence-electron chi connectivity index (χ4n) is 2.62. The third-order valence-corrected chi connectivity index (χ3v) is 6.54. The summed E-state index contributed by atoms with van der Waals surface area (Å²) in [6, 6.07) is 3.71. The van der Waals surface area contributed by atoms with Gasteiger partial charge in [0.05, 0.1) is 5.75 Å². The lowest BCUT2D eigenvalue weighted by Gasteiger charge is -2.26. The maximum Gasteiger partial charge on any atom is 0.211 e. The summed E-state index contributed by atoms with van der Waals surface area (Å²) in [5, 5.41) is 0.868. The van der Waals surface area contributed by atoms with Crippen molar-refractivity contribution in [3.05, 3.63) is 30.1 Å². The molecule has 112 valence electrons. The summed E-state index contributed by atoms with van der Waals surface area (Å²) >= 11 is 3.54.